The maximum absolute atomic E-state index is 12.0. The first-order chi connectivity index (χ1) is 11.5. The first-order valence-corrected chi connectivity index (χ1v) is 7.98. The van der Waals surface area contributed by atoms with Gasteiger partial charge < -0.3 is 19.9 Å². The molecule has 1 aliphatic heterocycles. The molecular formula is C16H22N6O2. The van der Waals surface area contributed by atoms with E-state index in [0.29, 0.717) is 31.9 Å². The van der Waals surface area contributed by atoms with Gasteiger partial charge in [-0.2, -0.15) is 4.98 Å². The standard InChI is InChI=1S/C16H22N6O2/c1-11-10-13(17-3)20-15(19-11)21-7-4-16(5-8-21,14(23)24)22-9-6-18-12(22)2/h6,9-10H,4-5,7-8H2,1-3H3,(H,23,24)(H,17,19,20). The van der Waals surface area contributed by atoms with Crippen molar-refractivity contribution in [3.63, 3.8) is 0 Å². The van der Waals surface area contributed by atoms with Crippen LogP contribution in [-0.4, -0.2) is 50.7 Å². The highest BCUT2D eigenvalue weighted by Gasteiger charge is 2.44. The van der Waals surface area contributed by atoms with Crippen LogP contribution < -0.4 is 10.2 Å². The lowest BCUT2D eigenvalue weighted by Gasteiger charge is -2.40. The van der Waals surface area contributed by atoms with Crippen LogP contribution in [0, 0.1) is 13.8 Å². The summed E-state index contributed by atoms with van der Waals surface area (Å²) in [6, 6.07) is 1.88. The third-order valence-electron chi connectivity index (χ3n) is 4.66. The van der Waals surface area contributed by atoms with Gasteiger partial charge in [0, 0.05) is 44.3 Å². The zero-order valence-corrected chi connectivity index (χ0v) is 14.2. The van der Waals surface area contributed by atoms with Crippen molar-refractivity contribution in [1.29, 1.82) is 0 Å². The third-order valence-corrected chi connectivity index (χ3v) is 4.66. The van der Waals surface area contributed by atoms with E-state index in [1.54, 1.807) is 17.0 Å². The molecule has 0 amide bonds. The summed E-state index contributed by atoms with van der Waals surface area (Å²) in [4.78, 5) is 27.2. The minimum absolute atomic E-state index is 0.478. The van der Waals surface area contributed by atoms with E-state index in [9.17, 15) is 9.90 Å². The van der Waals surface area contributed by atoms with Crippen molar-refractivity contribution in [3.05, 3.63) is 30.0 Å². The quantitative estimate of drug-likeness (QED) is 0.875. The summed E-state index contributed by atoms with van der Waals surface area (Å²) >= 11 is 0. The van der Waals surface area contributed by atoms with Crippen LogP contribution in [0.15, 0.2) is 18.5 Å². The number of anilines is 2. The molecule has 8 heteroatoms. The molecule has 0 unspecified atom stereocenters. The van der Waals surface area contributed by atoms with Gasteiger partial charge in [-0.15, -0.1) is 0 Å². The largest absolute Gasteiger partial charge is 0.479 e. The molecule has 0 bridgehead atoms. The predicted molar refractivity (Wildman–Crippen MR) is 90.3 cm³/mol. The van der Waals surface area contributed by atoms with Gasteiger partial charge in [0.2, 0.25) is 5.95 Å². The van der Waals surface area contributed by atoms with Crippen LogP contribution >= 0.6 is 0 Å². The SMILES string of the molecule is CNc1cc(C)nc(N2CCC(C(=O)O)(n3ccnc3C)CC2)n1. The molecule has 1 aliphatic rings. The second kappa shape index (κ2) is 6.10. The zero-order chi connectivity index (χ0) is 17.3. The Bertz CT molecular complexity index is 749. The highest BCUT2D eigenvalue weighted by atomic mass is 16.4. The van der Waals surface area contributed by atoms with Crippen molar-refractivity contribution in [3.8, 4) is 0 Å². The van der Waals surface area contributed by atoms with Crippen LogP contribution in [-0.2, 0) is 10.3 Å². The van der Waals surface area contributed by atoms with E-state index in [4.69, 9.17) is 0 Å². The Morgan fingerprint density at radius 1 is 1.29 bits per heavy atom. The second-order valence-electron chi connectivity index (χ2n) is 6.11. The lowest BCUT2D eigenvalue weighted by molar-refractivity contribution is -0.149. The monoisotopic (exact) mass is 330 g/mol. The van der Waals surface area contributed by atoms with Crippen molar-refractivity contribution in [2.24, 2.45) is 0 Å². The molecule has 0 spiro atoms. The van der Waals surface area contributed by atoms with E-state index in [2.05, 4.69) is 20.3 Å². The number of carboxylic acid groups (broad SMARTS) is 1. The number of aryl methyl sites for hydroxylation is 2. The normalized spacial score (nSPS) is 16.9. The van der Waals surface area contributed by atoms with Gasteiger partial charge in [-0.1, -0.05) is 0 Å². The van der Waals surface area contributed by atoms with Gasteiger partial charge in [-0.25, -0.2) is 14.8 Å². The number of carbonyl (C=O) groups is 1. The molecule has 2 aromatic rings. The predicted octanol–water partition coefficient (Wildman–Crippen LogP) is 1.41. The lowest BCUT2D eigenvalue weighted by atomic mass is 9.87. The number of imidazole rings is 1. The van der Waals surface area contributed by atoms with Crippen LogP contribution in [0.5, 0.6) is 0 Å². The molecule has 0 aromatic carbocycles. The van der Waals surface area contributed by atoms with Crippen LogP contribution in [0.2, 0.25) is 0 Å². The average Bonchev–Trinajstić information content (AvgIpc) is 3.00. The van der Waals surface area contributed by atoms with Gasteiger partial charge in [-0.05, 0) is 26.7 Å². The van der Waals surface area contributed by atoms with Crippen molar-refractivity contribution < 1.29 is 9.90 Å². The smallest absolute Gasteiger partial charge is 0.330 e. The summed E-state index contributed by atoms with van der Waals surface area (Å²) in [5, 5.41) is 12.9. The van der Waals surface area contributed by atoms with Gasteiger partial charge in [0.1, 0.15) is 17.2 Å². The molecule has 2 aromatic heterocycles. The van der Waals surface area contributed by atoms with E-state index in [1.165, 1.54) is 0 Å². The molecule has 0 aliphatic carbocycles. The number of aliphatic carboxylic acids is 1. The van der Waals surface area contributed by atoms with E-state index < -0.39 is 11.5 Å². The fourth-order valence-corrected chi connectivity index (χ4v) is 3.29. The minimum Gasteiger partial charge on any atom is -0.479 e. The Hall–Kier alpha value is -2.64. The molecule has 24 heavy (non-hydrogen) atoms. The number of hydrogen-bond acceptors (Lipinski definition) is 6. The maximum Gasteiger partial charge on any atom is 0.330 e. The van der Waals surface area contributed by atoms with Crippen LogP contribution in [0.4, 0.5) is 11.8 Å². The molecule has 1 saturated heterocycles. The Morgan fingerprint density at radius 3 is 2.54 bits per heavy atom. The van der Waals surface area contributed by atoms with Gasteiger partial charge in [-0.3, -0.25) is 0 Å². The Labute approximate surface area is 140 Å². The third kappa shape index (κ3) is 2.68. The summed E-state index contributed by atoms with van der Waals surface area (Å²) in [6.07, 6.45) is 4.36. The van der Waals surface area contributed by atoms with E-state index in [0.717, 1.165) is 17.3 Å². The first-order valence-electron chi connectivity index (χ1n) is 7.98. The minimum atomic E-state index is -0.952. The molecule has 0 atom stereocenters. The summed E-state index contributed by atoms with van der Waals surface area (Å²) in [6.45, 7) is 4.92. The van der Waals surface area contributed by atoms with Gasteiger partial charge >= 0.3 is 5.97 Å². The number of piperidine rings is 1. The average molecular weight is 330 g/mol. The molecule has 3 rings (SSSR count). The van der Waals surface area contributed by atoms with Crippen molar-refractivity contribution >= 4 is 17.7 Å². The molecule has 2 N–H and O–H groups in total. The number of nitrogens with zero attached hydrogens (tertiary/aromatic N) is 5. The number of carboxylic acids is 1. The topological polar surface area (TPSA) is 96.2 Å². The van der Waals surface area contributed by atoms with E-state index in [1.807, 2.05) is 31.9 Å². The van der Waals surface area contributed by atoms with Crippen LogP contribution in [0.3, 0.4) is 0 Å². The fraction of sp³-hybridized carbons (Fsp3) is 0.500. The van der Waals surface area contributed by atoms with Crippen molar-refractivity contribution in [2.75, 3.05) is 30.4 Å². The maximum atomic E-state index is 12.0. The van der Waals surface area contributed by atoms with Crippen molar-refractivity contribution in [2.45, 2.75) is 32.2 Å². The Morgan fingerprint density at radius 2 is 2.00 bits per heavy atom. The number of aromatic nitrogens is 4. The molecular weight excluding hydrogens is 308 g/mol. The number of nitrogens with one attached hydrogen (secondary N) is 1. The van der Waals surface area contributed by atoms with Crippen molar-refractivity contribution in [1.82, 2.24) is 19.5 Å². The summed E-state index contributed by atoms with van der Waals surface area (Å²) in [5.41, 5.74) is -0.0721. The van der Waals surface area contributed by atoms with E-state index in [-0.39, 0.29) is 0 Å². The highest BCUT2D eigenvalue weighted by Crippen LogP contribution is 2.33. The lowest BCUT2D eigenvalue weighted by Crippen LogP contribution is -2.51. The van der Waals surface area contributed by atoms with Gasteiger partial charge in [0.05, 0.1) is 0 Å². The summed E-state index contributed by atoms with van der Waals surface area (Å²) < 4.78 is 1.78. The van der Waals surface area contributed by atoms with Crippen LogP contribution in [0.1, 0.15) is 24.4 Å². The fourth-order valence-electron chi connectivity index (χ4n) is 3.29. The van der Waals surface area contributed by atoms with E-state index >= 15 is 0 Å². The molecule has 0 saturated carbocycles. The van der Waals surface area contributed by atoms with Gasteiger partial charge in [0.25, 0.3) is 0 Å². The molecule has 3 heterocycles. The van der Waals surface area contributed by atoms with Gasteiger partial charge in [0.15, 0.2) is 0 Å². The highest BCUT2D eigenvalue weighted by molar-refractivity contribution is 5.77. The Balaban J connectivity index is 1.85. The number of rotatable bonds is 4. The molecule has 1 fully saturated rings. The first kappa shape index (κ1) is 16.2. The number of hydrogen-bond donors (Lipinski definition) is 2. The molecule has 128 valence electrons. The van der Waals surface area contributed by atoms with Crippen LogP contribution in [0.25, 0.3) is 0 Å². The zero-order valence-electron chi connectivity index (χ0n) is 14.2. The second-order valence-corrected chi connectivity index (χ2v) is 6.11. The Kier molecular flexibility index (Phi) is 4.13. The summed E-state index contributed by atoms with van der Waals surface area (Å²) in [7, 11) is 1.82. The molecule has 0 radical (unpaired) electrons. The summed E-state index contributed by atoms with van der Waals surface area (Å²) in [5.74, 6) is 1.30. The molecule has 8 nitrogen and oxygen atoms in total.